The molecule has 0 saturated carbocycles. The van der Waals surface area contributed by atoms with Crippen LogP contribution in [0.15, 0.2) is 236 Å². The molecular weight excluding hydrogens is 687 g/mol. The fourth-order valence-electron chi connectivity index (χ4n) is 7.59. The van der Waals surface area contributed by atoms with Crippen molar-refractivity contribution in [2.24, 2.45) is 0 Å². The Balaban J connectivity index is 1.12. The van der Waals surface area contributed by atoms with Crippen molar-refractivity contribution in [3.63, 3.8) is 0 Å². The van der Waals surface area contributed by atoms with E-state index in [0.29, 0.717) is 11.4 Å². The van der Waals surface area contributed by atoms with Crippen LogP contribution in [0.1, 0.15) is 12.3 Å². The van der Waals surface area contributed by atoms with E-state index in [1.807, 2.05) is 103 Å². The van der Waals surface area contributed by atoms with Crippen molar-refractivity contribution in [2.75, 3.05) is 4.90 Å². The van der Waals surface area contributed by atoms with Crippen LogP contribution in [0.3, 0.4) is 0 Å². The molecule has 0 fully saturated rings. The highest BCUT2D eigenvalue weighted by Gasteiger charge is 2.16. The van der Waals surface area contributed by atoms with Gasteiger partial charge >= 0.3 is 0 Å². The van der Waals surface area contributed by atoms with Crippen molar-refractivity contribution in [1.29, 1.82) is 0 Å². The molecule has 0 aromatic heterocycles. The highest BCUT2D eigenvalue weighted by molar-refractivity contribution is 6.04. The molecule has 0 radical (unpaired) electrons. The second-order valence-electron chi connectivity index (χ2n) is 13.9. The molecule has 0 heterocycles. The Bertz CT molecular complexity index is 3460. The molecule has 0 unspecified atom stereocenters. The van der Waals surface area contributed by atoms with Gasteiger partial charge in [-0.2, -0.15) is 0 Å². The number of anilines is 3. The third-order valence-electron chi connectivity index (χ3n) is 10.4. The summed E-state index contributed by atoms with van der Waals surface area (Å²) in [5.74, 6) is 0. The fraction of sp³-hybridized carbons (Fsp3) is 0. The number of nitrogens with zero attached hydrogens (tertiary/aromatic N) is 1. The average Bonchev–Trinajstić information content (AvgIpc) is 3.36. The largest absolute Gasteiger partial charge is 0.311 e. The van der Waals surface area contributed by atoms with Crippen molar-refractivity contribution in [3.8, 4) is 55.6 Å². The lowest BCUT2D eigenvalue weighted by atomic mass is 9.89. The second-order valence-corrected chi connectivity index (χ2v) is 13.9. The average molecular weight is 735 g/mol. The van der Waals surface area contributed by atoms with E-state index < -0.39 is 54.4 Å². The minimum atomic E-state index is -0.627. The Morgan fingerprint density at radius 3 is 1.58 bits per heavy atom. The van der Waals surface area contributed by atoms with Gasteiger partial charge in [0.15, 0.2) is 0 Å². The summed E-state index contributed by atoms with van der Waals surface area (Å²) in [4.78, 5) is 1.69. The fourth-order valence-corrected chi connectivity index (χ4v) is 7.59. The Hall–Kier alpha value is -7.48. The van der Waals surface area contributed by atoms with Crippen molar-refractivity contribution in [3.05, 3.63) is 236 Å². The van der Waals surface area contributed by atoms with Gasteiger partial charge < -0.3 is 4.90 Å². The van der Waals surface area contributed by atoms with E-state index in [9.17, 15) is 5.48 Å². The smallest absolute Gasteiger partial charge is 0.0645 e. The second kappa shape index (κ2) is 15.0. The standard InChI is InChI=1S/C56H39N/c1-3-12-40(13-4-1)42-24-31-51(32-25-42)57(52-33-26-43(27-34-52)48-19-11-20-49(38-48)50-23-22-41-14-7-8-18-47(41)39-50)53-35-28-46(29-36-53)56-54-21-10-9-17-45(54)30-37-55(56)44-15-5-2-6-16-44/h1-39H/i1D,3D,4D,12D,13D,24D,25D,31D,32D. The van der Waals surface area contributed by atoms with Crippen LogP contribution in [0.2, 0.25) is 0 Å². The first kappa shape index (κ1) is 25.6. The summed E-state index contributed by atoms with van der Waals surface area (Å²) in [5, 5.41) is 4.49. The zero-order valence-electron chi connectivity index (χ0n) is 39.8. The maximum atomic E-state index is 9.48. The van der Waals surface area contributed by atoms with Crippen LogP contribution in [-0.4, -0.2) is 0 Å². The normalized spacial score (nSPS) is 13.4. The first-order valence-electron chi connectivity index (χ1n) is 23.3. The summed E-state index contributed by atoms with van der Waals surface area (Å²) in [7, 11) is 0. The highest BCUT2D eigenvalue weighted by Crippen LogP contribution is 2.42. The lowest BCUT2D eigenvalue weighted by molar-refractivity contribution is 1.28. The number of fused-ring (bicyclic) bond motifs is 2. The quantitative estimate of drug-likeness (QED) is 0.150. The highest BCUT2D eigenvalue weighted by atomic mass is 15.1. The lowest BCUT2D eigenvalue weighted by Crippen LogP contribution is -2.09. The van der Waals surface area contributed by atoms with E-state index in [0.717, 1.165) is 60.7 Å². The Morgan fingerprint density at radius 2 is 0.842 bits per heavy atom. The molecular formula is C56H39N. The predicted octanol–water partition coefficient (Wildman–Crippen LogP) is 15.8. The van der Waals surface area contributed by atoms with Gasteiger partial charge in [0.1, 0.15) is 0 Å². The first-order chi connectivity index (χ1) is 32.0. The van der Waals surface area contributed by atoms with Crippen LogP contribution in [0.4, 0.5) is 17.1 Å². The van der Waals surface area contributed by atoms with Gasteiger partial charge in [0, 0.05) is 17.1 Å². The number of rotatable bonds is 8. The molecule has 0 aliphatic rings. The minimum Gasteiger partial charge on any atom is -0.311 e. The molecule has 0 saturated heterocycles. The van der Waals surface area contributed by atoms with Gasteiger partial charge in [0.05, 0.1) is 12.3 Å². The summed E-state index contributed by atoms with van der Waals surface area (Å²) in [6, 6.07) is 56.2. The van der Waals surface area contributed by atoms with Crippen molar-refractivity contribution < 1.29 is 12.3 Å². The molecule has 10 aromatic rings. The molecule has 0 aliphatic carbocycles. The molecule has 0 atom stereocenters. The maximum absolute atomic E-state index is 9.48. The van der Waals surface area contributed by atoms with E-state index in [-0.39, 0.29) is 16.8 Å². The van der Waals surface area contributed by atoms with Gasteiger partial charge in [-0.3, -0.25) is 0 Å². The monoisotopic (exact) mass is 734 g/mol. The van der Waals surface area contributed by atoms with Gasteiger partial charge in [-0.1, -0.05) is 188 Å². The molecule has 0 N–H and O–H groups in total. The van der Waals surface area contributed by atoms with Crippen LogP contribution in [0.25, 0.3) is 77.2 Å². The molecule has 0 bridgehead atoms. The molecule has 0 aliphatic heterocycles. The Labute approximate surface area is 347 Å². The van der Waals surface area contributed by atoms with Crippen LogP contribution in [0.5, 0.6) is 0 Å². The number of benzene rings is 10. The van der Waals surface area contributed by atoms with Gasteiger partial charge in [-0.05, 0) is 126 Å². The molecule has 10 rings (SSSR count). The third-order valence-corrected chi connectivity index (χ3v) is 10.4. The SMILES string of the molecule is [2H]c1c([2H])c([2H])c(-c2c([2H])c([2H])c(N(c3ccc(-c4cccc(-c5ccc6ccccc6c5)c4)cc3)c3ccc(-c4c(-c5ccccc5)ccc5ccccc45)cc3)c([2H])c2[2H])c([2H])c1[2H]. The molecule has 268 valence electrons. The minimum absolute atomic E-state index is 0.0601. The zero-order valence-corrected chi connectivity index (χ0v) is 30.8. The third kappa shape index (κ3) is 6.77. The van der Waals surface area contributed by atoms with Gasteiger partial charge in [0.25, 0.3) is 0 Å². The van der Waals surface area contributed by atoms with E-state index in [1.165, 1.54) is 5.39 Å². The summed E-state index contributed by atoms with van der Waals surface area (Å²) in [6.07, 6.45) is 0. The van der Waals surface area contributed by atoms with Crippen LogP contribution >= 0.6 is 0 Å². The van der Waals surface area contributed by atoms with Crippen molar-refractivity contribution >= 4 is 38.6 Å². The van der Waals surface area contributed by atoms with Crippen molar-refractivity contribution in [1.82, 2.24) is 0 Å². The molecule has 10 aromatic carbocycles. The predicted molar refractivity (Wildman–Crippen MR) is 243 cm³/mol. The summed E-state index contributed by atoms with van der Waals surface area (Å²) in [6.45, 7) is 0. The van der Waals surface area contributed by atoms with Crippen LogP contribution in [0, 0.1) is 0 Å². The molecule has 0 amide bonds. The number of hydrogen-bond donors (Lipinski definition) is 0. The van der Waals surface area contributed by atoms with Gasteiger partial charge in [0.2, 0.25) is 0 Å². The summed E-state index contributed by atoms with van der Waals surface area (Å²) >= 11 is 0. The molecule has 0 spiro atoms. The topological polar surface area (TPSA) is 3.24 Å². The first-order valence-corrected chi connectivity index (χ1v) is 18.8. The lowest BCUT2D eigenvalue weighted by Gasteiger charge is -2.26. The van der Waals surface area contributed by atoms with Gasteiger partial charge in [-0.15, -0.1) is 0 Å². The van der Waals surface area contributed by atoms with Crippen LogP contribution < -0.4 is 4.90 Å². The summed E-state index contributed by atoms with van der Waals surface area (Å²) < 4.78 is 79.5. The van der Waals surface area contributed by atoms with E-state index in [2.05, 4.69) is 78.9 Å². The molecule has 1 nitrogen and oxygen atoms in total. The molecule has 57 heavy (non-hydrogen) atoms. The Morgan fingerprint density at radius 1 is 0.298 bits per heavy atom. The van der Waals surface area contributed by atoms with E-state index >= 15 is 0 Å². The van der Waals surface area contributed by atoms with E-state index in [4.69, 9.17) is 6.85 Å². The van der Waals surface area contributed by atoms with E-state index in [1.54, 1.807) is 4.90 Å². The molecule has 1 heteroatoms. The van der Waals surface area contributed by atoms with Gasteiger partial charge in [-0.25, -0.2) is 0 Å². The maximum Gasteiger partial charge on any atom is 0.0645 e. The van der Waals surface area contributed by atoms with Crippen molar-refractivity contribution in [2.45, 2.75) is 0 Å². The Kier molecular flexibility index (Phi) is 6.72. The zero-order chi connectivity index (χ0) is 45.8. The summed E-state index contributed by atoms with van der Waals surface area (Å²) in [5.41, 5.74) is 8.47. The van der Waals surface area contributed by atoms with Crippen LogP contribution in [-0.2, 0) is 0 Å². The number of hydrogen-bond acceptors (Lipinski definition) is 1.